The highest BCUT2D eigenvalue weighted by Gasteiger charge is 2.29. The maximum atomic E-state index is 12.7. The summed E-state index contributed by atoms with van der Waals surface area (Å²) in [6.45, 7) is 1.96. The monoisotopic (exact) mass is 418 g/mol. The van der Waals surface area contributed by atoms with Gasteiger partial charge in [-0.05, 0) is 50.1 Å². The zero-order valence-electron chi connectivity index (χ0n) is 15.0. The van der Waals surface area contributed by atoms with Gasteiger partial charge in [0.2, 0.25) is 0 Å². The normalized spacial score (nSPS) is 14.0. The van der Waals surface area contributed by atoms with Crippen LogP contribution in [-0.2, 0) is 14.8 Å². The van der Waals surface area contributed by atoms with E-state index in [4.69, 9.17) is 9.15 Å². The average Bonchev–Trinajstić information content (AvgIpc) is 3.19. The van der Waals surface area contributed by atoms with Crippen molar-refractivity contribution in [3.63, 3.8) is 0 Å². The number of carbonyl (C=O) groups is 1. The van der Waals surface area contributed by atoms with Gasteiger partial charge in [0.05, 0.1) is 23.2 Å². The van der Waals surface area contributed by atoms with Gasteiger partial charge in [-0.2, -0.15) is 0 Å². The van der Waals surface area contributed by atoms with Crippen molar-refractivity contribution >= 4 is 33.0 Å². The number of benzene rings is 1. The number of sulfonamides is 1. The van der Waals surface area contributed by atoms with Crippen molar-refractivity contribution in [2.75, 3.05) is 11.3 Å². The van der Waals surface area contributed by atoms with Crippen LogP contribution in [0.4, 0.5) is 5.69 Å². The Labute approximate surface area is 166 Å². The summed E-state index contributed by atoms with van der Waals surface area (Å²) in [6.07, 6.45) is 3.80. The van der Waals surface area contributed by atoms with E-state index >= 15 is 0 Å². The first-order valence-electron chi connectivity index (χ1n) is 8.82. The lowest BCUT2D eigenvalue weighted by Crippen LogP contribution is -2.12. The summed E-state index contributed by atoms with van der Waals surface area (Å²) < 4.78 is 38.8. The number of ether oxygens (including phenoxy) is 1. The quantitative estimate of drug-likeness (QED) is 0.576. The van der Waals surface area contributed by atoms with Crippen molar-refractivity contribution < 1.29 is 22.4 Å². The molecule has 0 saturated heterocycles. The lowest BCUT2D eigenvalue weighted by molar-refractivity contribution is 0.0526. The van der Waals surface area contributed by atoms with Gasteiger partial charge in [-0.25, -0.2) is 18.2 Å². The van der Waals surface area contributed by atoms with Crippen LogP contribution in [0.25, 0.3) is 10.6 Å². The highest BCUT2D eigenvalue weighted by atomic mass is 32.2. The zero-order valence-corrected chi connectivity index (χ0v) is 16.7. The maximum absolute atomic E-state index is 12.7. The molecule has 0 amide bonds. The lowest BCUT2D eigenvalue weighted by atomic mass is 10.2. The third kappa shape index (κ3) is 3.95. The molecule has 7 nitrogen and oxygen atoms in total. The lowest BCUT2D eigenvalue weighted by Gasteiger charge is -2.08. The first-order chi connectivity index (χ1) is 13.5. The Kier molecular flexibility index (Phi) is 4.94. The van der Waals surface area contributed by atoms with Crippen LogP contribution >= 0.6 is 11.3 Å². The number of thiophene rings is 1. The molecule has 3 aromatic rings. The summed E-state index contributed by atoms with van der Waals surface area (Å²) in [5, 5.41) is 0. The second kappa shape index (κ2) is 7.40. The van der Waals surface area contributed by atoms with Gasteiger partial charge in [0.15, 0.2) is 11.7 Å². The number of rotatable bonds is 7. The summed E-state index contributed by atoms with van der Waals surface area (Å²) in [5.41, 5.74) is 0.569. The molecule has 146 valence electrons. The molecule has 1 N–H and O–H groups in total. The van der Waals surface area contributed by atoms with E-state index in [-0.39, 0.29) is 22.1 Å². The van der Waals surface area contributed by atoms with Crippen molar-refractivity contribution in [3.8, 4) is 10.6 Å². The molecule has 0 spiro atoms. The Bertz CT molecular complexity index is 1110. The number of hydrogen-bond donors (Lipinski definition) is 1. The predicted octanol–water partition coefficient (Wildman–Crippen LogP) is 4.26. The van der Waals surface area contributed by atoms with Gasteiger partial charge in [0, 0.05) is 11.6 Å². The molecule has 0 aliphatic heterocycles. The van der Waals surface area contributed by atoms with E-state index in [1.165, 1.54) is 12.1 Å². The summed E-state index contributed by atoms with van der Waals surface area (Å²) in [7, 11) is -3.80. The molecule has 1 saturated carbocycles. The molecule has 0 radical (unpaired) electrons. The molecule has 1 aromatic carbocycles. The second-order valence-corrected chi connectivity index (χ2v) is 9.36. The molecular formula is C19H18N2O5S2. The van der Waals surface area contributed by atoms with Crippen LogP contribution in [0.15, 0.2) is 51.2 Å². The number of nitrogens with one attached hydrogen (secondary N) is 1. The van der Waals surface area contributed by atoms with Crippen LogP contribution in [0.5, 0.6) is 0 Å². The Morgan fingerprint density at radius 1 is 1.32 bits per heavy atom. The van der Waals surface area contributed by atoms with Crippen LogP contribution in [0, 0.1) is 0 Å². The number of aromatic nitrogens is 1. The molecular weight excluding hydrogens is 400 g/mol. The molecule has 2 heterocycles. The highest BCUT2D eigenvalue weighted by Crippen LogP contribution is 2.41. The largest absolute Gasteiger partial charge is 0.462 e. The maximum Gasteiger partial charge on any atom is 0.338 e. The van der Waals surface area contributed by atoms with Gasteiger partial charge in [-0.1, -0.05) is 6.07 Å². The third-order valence-corrected chi connectivity index (χ3v) is 7.14. The van der Waals surface area contributed by atoms with E-state index in [1.807, 2.05) is 0 Å². The minimum atomic E-state index is -3.80. The van der Waals surface area contributed by atoms with Crippen LogP contribution in [0.2, 0.25) is 0 Å². The fraction of sp³-hybridized carbons (Fsp3) is 0.263. The number of nitrogens with zero attached hydrogens (tertiary/aromatic N) is 1. The van der Waals surface area contributed by atoms with Crippen molar-refractivity contribution in [2.24, 2.45) is 0 Å². The van der Waals surface area contributed by atoms with Gasteiger partial charge < -0.3 is 9.15 Å². The van der Waals surface area contributed by atoms with Crippen molar-refractivity contribution in [1.82, 2.24) is 4.98 Å². The average molecular weight is 418 g/mol. The molecule has 0 bridgehead atoms. The van der Waals surface area contributed by atoms with E-state index in [9.17, 15) is 13.2 Å². The first kappa shape index (κ1) is 18.7. The summed E-state index contributed by atoms with van der Waals surface area (Å²) in [4.78, 5) is 16.8. The zero-order chi connectivity index (χ0) is 19.7. The predicted molar refractivity (Wildman–Crippen MR) is 105 cm³/mol. The van der Waals surface area contributed by atoms with Crippen LogP contribution < -0.4 is 4.72 Å². The van der Waals surface area contributed by atoms with Gasteiger partial charge >= 0.3 is 5.97 Å². The Hall–Kier alpha value is -2.65. The summed E-state index contributed by atoms with van der Waals surface area (Å²) in [5.74, 6) is 1.17. The molecule has 1 aliphatic rings. The number of esters is 1. The molecule has 1 fully saturated rings. The van der Waals surface area contributed by atoms with E-state index in [2.05, 4.69) is 9.71 Å². The van der Waals surface area contributed by atoms with Crippen LogP contribution in [-0.4, -0.2) is 26.0 Å². The van der Waals surface area contributed by atoms with E-state index in [0.29, 0.717) is 22.4 Å². The van der Waals surface area contributed by atoms with Crippen molar-refractivity contribution in [2.45, 2.75) is 29.9 Å². The molecule has 4 rings (SSSR count). The van der Waals surface area contributed by atoms with Gasteiger partial charge in [0.25, 0.3) is 10.0 Å². The first-order valence-corrected chi connectivity index (χ1v) is 11.1. The van der Waals surface area contributed by atoms with E-state index in [0.717, 1.165) is 24.2 Å². The SMILES string of the molecule is CCOC(=O)c1cccc(NS(=O)(=O)c2ccc(-c3cnc(C4CC4)o3)s2)c1. The topological polar surface area (TPSA) is 98.5 Å². The standard InChI is InChI=1S/C19H18N2O5S2/c1-2-25-19(22)13-4-3-5-14(10-13)21-28(23,24)17-9-8-16(27-17)15-11-20-18(26-15)12-6-7-12/h3-5,8-12,21H,2,6-7H2,1H3. The minimum absolute atomic E-state index is 0.147. The molecule has 2 aromatic heterocycles. The number of anilines is 1. The molecule has 1 aliphatic carbocycles. The van der Waals surface area contributed by atoms with Gasteiger partial charge in [-0.3, -0.25) is 4.72 Å². The summed E-state index contributed by atoms with van der Waals surface area (Å²) >= 11 is 1.10. The fourth-order valence-electron chi connectivity index (χ4n) is 2.65. The molecule has 0 unspecified atom stereocenters. The number of carbonyl (C=O) groups excluding carboxylic acids is 1. The molecule has 28 heavy (non-hydrogen) atoms. The second-order valence-electron chi connectivity index (χ2n) is 6.36. The molecule has 0 atom stereocenters. The number of oxazole rings is 1. The molecule has 9 heteroatoms. The number of hydrogen-bond acceptors (Lipinski definition) is 7. The van der Waals surface area contributed by atoms with Gasteiger partial charge in [-0.15, -0.1) is 11.3 Å². The summed E-state index contributed by atoms with van der Waals surface area (Å²) in [6, 6.07) is 9.41. The van der Waals surface area contributed by atoms with Crippen molar-refractivity contribution in [3.05, 3.63) is 54.0 Å². The minimum Gasteiger partial charge on any atom is -0.462 e. The van der Waals surface area contributed by atoms with Crippen molar-refractivity contribution in [1.29, 1.82) is 0 Å². The highest BCUT2D eigenvalue weighted by molar-refractivity contribution is 7.94. The van der Waals surface area contributed by atoms with E-state index in [1.54, 1.807) is 37.4 Å². The fourth-order valence-corrected chi connectivity index (χ4v) is 4.95. The van der Waals surface area contributed by atoms with Crippen LogP contribution in [0.3, 0.4) is 0 Å². The third-order valence-electron chi connectivity index (χ3n) is 4.17. The van der Waals surface area contributed by atoms with Gasteiger partial charge in [0.1, 0.15) is 4.21 Å². The smallest absolute Gasteiger partial charge is 0.338 e. The van der Waals surface area contributed by atoms with Crippen LogP contribution in [0.1, 0.15) is 41.9 Å². The van der Waals surface area contributed by atoms with E-state index < -0.39 is 16.0 Å². The Morgan fingerprint density at radius 3 is 2.89 bits per heavy atom. The Balaban J connectivity index is 1.53. The Morgan fingerprint density at radius 2 is 2.14 bits per heavy atom.